The minimum absolute atomic E-state index is 0.0283. The number of rotatable bonds is 10. The third kappa shape index (κ3) is 4.57. The quantitative estimate of drug-likeness (QED) is 0.422. The molecule has 0 bridgehead atoms. The lowest BCUT2D eigenvalue weighted by Gasteiger charge is -2.50. The van der Waals surface area contributed by atoms with Gasteiger partial charge in [-0.25, -0.2) is 0 Å². The van der Waals surface area contributed by atoms with Crippen molar-refractivity contribution < 1.29 is 26.3 Å². The summed E-state index contributed by atoms with van der Waals surface area (Å²) in [5, 5.41) is 0. The van der Waals surface area contributed by atoms with Crippen molar-refractivity contribution in [2.75, 3.05) is 28.4 Å². The maximum Gasteiger partial charge on any atom is 0.519 e. The van der Waals surface area contributed by atoms with Crippen LogP contribution in [0.1, 0.15) is 34.6 Å². The van der Waals surface area contributed by atoms with Gasteiger partial charge < -0.3 is 26.3 Å². The van der Waals surface area contributed by atoms with Crippen LogP contribution in [0, 0.1) is 5.41 Å². The van der Waals surface area contributed by atoms with E-state index in [-0.39, 0.29) is 11.0 Å². The van der Waals surface area contributed by atoms with E-state index in [2.05, 4.69) is 39.0 Å². The molecule has 0 amide bonds. The van der Waals surface area contributed by atoms with Gasteiger partial charge in [0.1, 0.15) is 0 Å². The summed E-state index contributed by atoms with van der Waals surface area (Å²) in [5.41, 5.74) is -0.932. The molecule has 22 heavy (non-hydrogen) atoms. The Kier molecular flexibility index (Phi) is 8.83. The van der Waals surface area contributed by atoms with E-state index in [9.17, 15) is 0 Å². The fraction of sp³-hybridized carbons (Fsp3) is 1.00. The van der Waals surface area contributed by atoms with Crippen molar-refractivity contribution in [1.29, 1.82) is 0 Å². The van der Waals surface area contributed by atoms with Crippen LogP contribution in [0.3, 0.4) is 0 Å². The zero-order valence-electron chi connectivity index (χ0n) is 15.2. The molecule has 0 aliphatic carbocycles. The van der Waals surface area contributed by atoms with Crippen molar-refractivity contribution in [1.82, 2.24) is 0 Å². The van der Waals surface area contributed by atoms with Crippen LogP contribution in [0.4, 0.5) is 0 Å². The molecule has 0 N–H and O–H groups in total. The lowest BCUT2D eigenvalue weighted by atomic mass is 9.75. The molecule has 10 heteroatoms. The van der Waals surface area contributed by atoms with Crippen molar-refractivity contribution in [3.05, 3.63) is 0 Å². The summed E-state index contributed by atoms with van der Waals surface area (Å²) >= 11 is 0. The monoisotopic (exact) mass is 390 g/mol. The Morgan fingerprint density at radius 1 is 0.864 bits per heavy atom. The first kappa shape index (κ1) is 23.1. The number of hydrogen-bond donors (Lipinski definition) is 0. The van der Waals surface area contributed by atoms with Crippen LogP contribution in [0.2, 0.25) is 5.54 Å². The Hall–Kier alpha value is 1.05. The third-order valence-electron chi connectivity index (χ3n) is 4.86. The predicted molar refractivity (Wildman–Crippen MR) is 98.4 cm³/mol. The van der Waals surface area contributed by atoms with Gasteiger partial charge in [-0.2, -0.15) is 0 Å². The Balaban J connectivity index is 5.59. The molecule has 0 aliphatic rings. The van der Waals surface area contributed by atoms with E-state index < -0.39 is 22.9 Å². The van der Waals surface area contributed by atoms with Crippen molar-refractivity contribution in [3.63, 3.8) is 0 Å². The molecular formula is C12H32O6P2Si2. The lowest BCUT2D eigenvalue weighted by molar-refractivity contribution is -0.0667. The molecule has 0 aromatic carbocycles. The van der Waals surface area contributed by atoms with Crippen LogP contribution in [0.15, 0.2) is 0 Å². The molecule has 0 saturated heterocycles. The van der Waals surface area contributed by atoms with Crippen LogP contribution >= 0.6 is 18.3 Å². The molecule has 0 fully saturated rings. The average molecular weight is 391 g/mol. The average Bonchev–Trinajstić information content (AvgIpc) is 2.48. The van der Waals surface area contributed by atoms with Crippen LogP contribution in [-0.4, -0.2) is 51.3 Å². The van der Waals surface area contributed by atoms with Gasteiger partial charge in [0.15, 0.2) is 0 Å². The van der Waals surface area contributed by atoms with Gasteiger partial charge in [-0.1, -0.05) is 29.6 Å². The maximum atomic E-state index is 6.24. The van der Waals surface area contributed by atoms with Crippen molar-refractivity contribution >= 4 is 35.5 Å². The SMILES string of the molecule is CO[Si](P)(OC)OC(C)(C)C(C)(C)C(C)[Si](OC)(OC)OP. The molecule has 0 aromatic heterocycles. The first-order valence-electron chi connectivity index (χ1n) is 6.99. The van der Waals surface area contributed by atoms with Gasteiger partial charge in [-0.3, -0.25) is 0 Å². The Bertz CT molecular complexity index is 340. The molecular weight excluding hydrogens is 358 g/mol. The predicted octanol–water partition coefficient (Wildman–Crippen LogP) is 2.84. The molecule has 0 heterocycles. The maximum absolute atomic E-state index is 6.24. The summed E-state index contributed by atoms with van der Waals surface area (Å²) in [5.74, 6) is 0. The largest absolute Gasteiger partial charge is 0.519 e. The van der Waals surface area contributed by atoms with Crippen LogP contribution in [0.5, 0.6) is 0 Å². The highest BCUT2D eigenvalue weighted by Gasteiger charge is 2.58. The molecule has 0 aliphatic heterocycles. The third-order valence-corrected chi connectivity index (χ3v) is 12.8. The van der Waals surface area contributed by atoms with Crippen molar-refractivity contribution in [3.8, 4) is 0 Å². The Morgan fingerprint density at radius 3 is 1.55 bits per heavy atom. The van der Waals surface area contributed by atoms with Gasteiger partial charge in [0.05, 0.1) is 5.60 Å². The van der Waals surface area contributed by atoms with Gasteiger partial charge in [0, 0.05) is 34.0 Å². The van der Waals surface area contributed by atoms with Gasteiger partial charge in [-0.05, 0) is 28.7 Å². The summed E-state index contributed by atoms with van der Waals surface area (Å²) in [4.78, 5) is 0. The van der Waals surface area contributed by atoms with Gasteiger partial charge in [-0.15, -0.1) is 0 Å². The Labute approximate surface area is 142 Å². The fourth-order valence-corrected chi connectivity index (χ4v) is 8.14. The molecule has 3 atom stereocenters. The molecule has 134 valence electrons. The minimum Gasteiger partial charge on any atom is -0.377 e. The van der Waals surface area contributed by atoms with E-state index in [1.165, 1.54) is 0 Å². The molecule has 0 spiro atoms. The van der Waals surface area contributed by atoms with Gasteiger partial charge >= 0.3 is 17.3 Å². The topological polar surface area (TPSA) is 55.4 Å². The molecule has 3 unspecified atom stereocenters. The van der Waals surface area contributed by atoms with Gasteiger partial charge in [0.25, 0.3) is 0 Å². The smallest absolute Gasteiger partial charge is 0.377 e. The summed E-state index contributed by atoms with van der Waals surface area (Å²) < 4.78 is 33.9. The van der Waals surface area contributed by atoms with Crippen molar-refractivity contribution in [2.24, 2.45) is 5.41 Å². The second-order valence-corrected chi connectivity index (χ2v) is 14.4. The van der Waals surface area contributed by atoms with E-state index >= 15 is 0 Å². The summed E-state index contributed by atoms with van der Waals surface area (Å²) in [6.07, 6.45) is 0. The zero-order valence-corrected chi connectivity index (χ0v) is 19.5. The van der Waals surface area contributed by atoms with E-state index in [0.29, 0.717) is 0 Å². The molecule has 0 radical (unpaired) electrons. The van der Waals surface area contributed by atoms with E-state index in [4.69, 9.17) is 26.3 Å². The molecule has 0 aromatic rings. The number of hydrogen-bond acceptors (Lipinski definition) is 6. The molecule has 6 nitrogen and oxygen atoms in total. The molecule has 0 rings (SSSR count). The van der Waals surface area contributed by atoms with Crippen molar-refractivity contribution in [2.45, 2.75) is 45.8 Å². The lowest BCUT2D eigenvalue weighted by Crippen LogP contribution is -2.59. The highest BCUT2D eigenvalue weighted by molar-refractivity contribution is 7.63. The van der Waals surface area contributed by atoms with E-state index in [1.807, 2.05) is 13.8 Å². The standard InChI is InChI=1S/C12H32O6P2Si2/c1-10(21(13-6,14-7)18-19)11(2,3)12(4,5)17-22(20,15-8)16-9/h10H,19-20H2,1-9H3. The van der Waals surface area contributed by atoms with Gasteiger partial charge in [0.2, 0.25) is 0 Å². The van der Waals surface area contributed by atoms with E-state index in [0.717, 1.165) is 0 Å². The summed E-state index contributed by atoms with van der Waals surface area (Å²) in [7, 11) is 5.61. The molecule has 0 saturated carbocycles. The van der Waals surface area contributed by atoms with Crippen LogP contribution in [-0.2, 0) is 26.3 Å². The first-order chi connectivity index (χ1) is 9.92. The Morgan fingerprint density at radius 2 is 1.27 bits per heavy atom. The van der Waals surface area contributed by atoms with E-state index in [1.54, 1.807) is 28.4 Å². The first-order valence-corrected chi connectivity index (χ1v) is 12.8. The zero-order chi connectivity index (χ0) is 17.8. The normalized spacial score (nSPS) is 16.0. The van der Waals surface area contributed by atoms with Crippen LogP contribution < -0.4 is 0 Å². The van der Waals surface area contributed by atoms with Crippen LogP contribution in [0.25, 0.3) is 0 Å². The second-order valence-electron chi connectivity index (χ2n) is 6.20. The highest BCUT2D eigenvalue weighted by Crippen LogP contribution is 2.50. The second kappa shape index (κ2) is 8.43. The summed E-state index contributed by atoms with van der Waals surface area (Å²) in [6, 6.07) is 0. The fourth-order valence-electron chi connectivity index (χ4n) is 2.25. The minimum atomic E-state index is -2.85. The summed E-state index contributed by atoms with van der Waals surface area (Å²) in [6.45, 7) is 10.3. The highest BCUT2D eigenvalue weighted by atomic mass is 31.3.